The Bertz CT molecular complexity index is 1340. The normalized spacial score (nSPS) is 13.2. The van der Waals surface area contributed by atoms with Gasteiger partial charge in [0.25, 0.3) is 0 Å². The standard InChI is InChI=1S/C28H24N2O4/c1-30(26(27(31)32)15-18-10-11-20-16-29-13-12-19(20)14-18)28(33)34-17-25-23-8-4-2-6-21(23)22-7-3-5-9-24(22)25/h2-14,16,25-26H,15,17H2,1H3,(H,31,32)/t26-/m1/s1. The van der Waals surface area contributed by atoms with Gasteiger partial charge in [-0.25, -0.2) is 9.59 Å². The first kappa shape index (κ1) is 21.6. The number of ether oxygens (including phenoxy) is 1. The highest BCUT2D eigenvalue weighted by molar-refractivity contribution is 5.83. The molecule has 1 amide bonds. The number of nitrogens with zero attached hydrogens (tertiary/aromatic N) is 2. The number of carboxylic acid groups (broad SMARTS) is 1. The largest absolute Gasteiger partial charge is 0.480 e. The molecule has 1 atom stereocenters. The first-order chi connectivity index (χ1) is 16.5. The SMILES string of the molecule is CN(C(=O)OCC1c2ccccc2-c2ccccc21)[C@H](Cc1ccc2cnccc2c1)C(=O)O. The fraction of sp³-hybridized carbons (Fsp3) is 0.179. The summed E-state index contributed by atoms with van der Waals surface area (Å²) in [6.45, 7) is 0.145. The Kier molecular flexibility index (Phi) is 5.72. The molecule has 1 aromatic heterocycles. The van der Waals surface area contributed by atoms with Crippen LogP contribution in [0.5, 0.6) is 0 Å². The van der Waals surface area contributed by atoms with Gasteiger partial charge in [0, 0.05) is 37.2 Å². The van der Waals surface area contributed by atoms with Gasteiger partial charge in [0.2, 0.25) is 0 Å². The van der Waals surface area contributed by atoms with Crippen LogP contribution in [0.15, 0.2) is 85.2 Å². The Labute approximate surface area is 197 Å². The number of rotatable bonds is 6. The van der Waals surface area contributed by atoms with Crippen molar-refractivity contribution in [2.45, 2.75) is 18.4 Å². The zero-order valence-corrected chi connectivity index (χ0v) is 18.7. The predicted octanol–water partition coefficient (Wildman–Crippen LogP) is 5.11. The summed E-state index contributed by atoms with van der Waals surface area (Å²) in [5, 5.41) is 11.8. The van der Waals surface area contributed by atoms with E-state index in [-0.39, 0.29) is 18.9 Å². The van der Waals surface area contributed by atoms with Gasteiger partial charge in [-0.05, 0) is 39.3 Å². The fourth-order valence-corrected chi connectivity index (χ4v) is 4.70. The second-order valence-electron chi connectivity index (χ2n) is 8.53. The molecule has 170 valence electrons. The van der Waals surface area contributed by atoms with Crippen molar-refractivity contribution < 1.29 is 19.4 Å². The van der Waals surface area contributed by atoms with E-state index in [0.717, 1.165) is 38.6 Å². The van der Waals surface area contributed by atoms with Gasteiger partial charge in [0.15, 0.2) is 0 Å². The monoisotopic (exact) mass is 452 g/mol. The van der Waals surface area contributed by atoms with Crippen molar-refractivity contribution in [1.29, 1.82) is 0 Å². The molecule has 4 aromatic rings. The maximum absolute atomic E-state index is 12.9. The van der Waals surface area contributed by atoms with Crippen molar-refractivity contribution >= 4 is 22.8 Å². The van der Waals surface area contributed by atoms with Crippen LogP contribution in [0.4, 0.5) is 4.79 Å². The van der Waals surface area contributed by atoms with E-state index in [0.29, 0.717) is 0 Å². The second-order valence-corrected chi connectivity index (χ2v) is 8.53. The number of carbonyl (C=O) groups is 2. The van der Waals surface area contributed by atoms with Crippen LogP contribution < -0.4 is 0 Å². The van der Waals surface area contributed by atoms with E-state index in [9.17, 15) is 14.7 Å². The summed E-state index contributed by atoms with van der Waals surface area (Å²) in [4.78, 5) is 30.2. The van der Waals surface area contributed by atoms with Gasteiger partial charge >= 0.3 is 12.1 Å². The summed E-state index contributed by atoms with van der Waals surface area (Å²) in [6, 6.07) is 22.7. The maximum Gasteiger partial charge on any atom is 0.410 e. The summed E-state index contributed by atoms with van der Waals surface area (Å²) in [7, 11) is 1.47. The lowest BCUT2D eigenvalue weighted by Crippen LogP contribution is -2.44. The van der Waals surface area contributed by atoms with E-state index < -0.39 is 18.1 Å². The van der Waals surface area contributed by atoms with E-state index in [1.165, 1.54) is 11.9 Å². The molecule has 3 aromatic carbocycles. The van der Waals surface area contributed by atoms with Crippen LogP contribution in [0.3, 0.4) is 0 Å². The summed E-state index contributed by atoms with van der Waals surface area (Å²) in [5.74, 6) is -1.16. The maximum atomic E-state index is 12.9. The molecule has 0 saturated carbocycles. The molecule has 6 nitrogen and oxygen atoms in total. The molecular weight excluding hydrogens is 428 g/mol. The van der Waals surface area contributed by atoms with E-state index in [1.54, 1.807) is 12.4 Å². The molecule has 0 fully saturated rings. The minimum Gasteiger partial charge on any atom is -0.480 e. The Morgan fingerprint density at radius 2 is 1.65 bits per heavy atom. The van der Waals surface area contributed by atoms with E-state index in [4.69, 9.17) is 4.74 Å². The molecule has 5 rings (SSSR count). The van der Waals surface area contributed by atoms with Crippen LogP contribution in [0.2, 0.25) is 0 Å². The second kappa shape index (κ2) is 8.98. The number of fused-ring (bicyclic) bond motifs is 4. The Morgan fingerprint density at radius 3 is 2.32 bits per heavy atom. The zero-order valence-electron chi connectivity index (χ0n) is 18.7. The number of amides is 1. The minimum atomic E-state index is -1.08. The average molecular weight is 453 g/mol. The third-order valence-corrected chi connectivity index (χ3v) is 6.51. The Balaban J connectivity index is 1.31. The molecule has 1 aliphatic rings. The summed E-state index contributed by atoms with van der Waals surface area (Å²) in [6.07, 6.45) is 2.98. The highest BCUT2D eigenvalue weighted by Gasteiger charge is 2.32. The van der Waals surface area contributed by atoms with Gasteiger partial charge in [-0.15, -0.1) is 0 Å². The molecular formula is C28H24N2O4. The van der Waals surface area contributed by atoms with Gasteiger partial charge in [0.05, 0.1) is 0 Å². The molecule has 1 N–H and O–H groups in total. The van der Waals surface area contributed by atoms with E-state index >= 15 is 0 Å². The average Bonchev–Trinajstić information content (AvgIpc) is 3.19. The smallest absolute Gasteiger partial charge is 0.410 e. The van der Waals surface area contributed by atoms with Crippen molar-refractivity contribution in [3.05, 3.63) is 102 Å². The van der Waals surface area contributed by atoms with Crippen molar-refractivity contribution in [3.63, 3.8) is 0 Å². The lowest BCUT2D eigenvalue weighted by atomic mass is 9.98. The quantitative estimate of drug-likeness (QED) is 0.440. The van der Waals surface area contributed by atoms with Crippen molar-refractivity contribution in [2.24, 2.45) is 0 Å². The lowest BCUT2D eigenvalue weighted by molar-refractivity contribution is -0.142. The van der Waals surface area contributed by atoms with Crippen LogP contribution in [-0.4, -0.2) is 46.7 Å². The minimum absolute atomic E-state index is 0.0814. The molecule has 0 radical (unpaired) electrons. The molecule has 1 heterocycles. The Hall–Kier alpha value is -4.19. The molecule has 34 heavy (non-hydrogen) atoms. The lowest BCUT2D eigenvalue weighted by Gasteiger charge is -2.25. The fourth-order valence-electron chi connectivity index (χ4n) is 4.70. The van der Waals surface area contributed by atoms with Gasteiger partial charge in [0.1, 0.15) is 12.6 Å². The molecule has 6 heteroatoms. The number of aliphatic carboxylic acids is 1. The summed E-state index contributed by atoms with van der Waals surface area (Å²) in [5.41, 5.74) is 5.33. The topological polar surface area (TPSA) is 79.7 Å². The number of pyridine rings is 1. The predicted molar refractivity (Wildman–Crippen MR) is 130 cm³/mol. The first-order valence-corrected chi connectivity index (χ1v) is 11.2. The van der Waals surface area contributed by atoms with Gasteiger partial charge in [-0.1, -0.05) is 66.7 Å². The summed E-state index contributed by atoms with van der Waals surface area (Å²) < 4.78 is 5.66. The van der Waals surface area contributed by atoms with Gasteiger partial charge < -0.3 is 9.84 Å². The number of hydrogen-bond donors (Lipinski definition) is 1. The number of benzene rings is 3. The van der Waals surface area contributed by atoms with Crippen LogP contribution in [-0.2, 0) is 16.0 Å². The van der Waals surface area contributed by atoms with Crippen LogP contribution >= 0.6 is 0 Å². The number of aromatic nitrogens is 1. The van der Waals surface area contributed by atoms with Crippen LogP contribution in [0.1, 0.15) is 22.6 Å². The van der Waals surface area contributed by atoms with Crippen LogP contribution in [0, 0.1) is 0 Å². The third-order valence-electron chi connectivity index (χ3n) is 6.51. The third kappa shape index (κ3) is 3.99. The van der Waals surface area contributed by atoms with Gasteiger partial charge in [-0.2, -0.15) is 0 Å². The van der Waals surface area contributed by atoms with Gasteiger partial charge in [-0.3, -0.25) is 9.88 Å². The molecule has 1 aliphatic carbocycles. The number of carbonyl (C=O) groups excluding carboxylic acids is 1. The highest BCUT2D eigenvalue weighted by atomic mass is 16.6. The first-order valence-electron chi connectivity index (χ1n) is 11.2. The summed E-state index contributed by atoms with van der Waals surface area (Å²) >= 11 is 0. The molecule has 0 spiro atoms. The number of likely N-dealkylation sites (N-methyl/N-ethyl adjacent to an activating group) is 1. The molecule has 0 bridgehead atoms. The number of hydrogen-bond acceptors (Lipinski definition) is 4. The van der Waals surface area contributed by atoms with Crippen molar-refractivity contribution in [3.8, 4) is 11.1 Å². The van der Waals surface area contributed by atoms with Crippen molar-refractivity contribution in [1.82, 2.24) is 9.88 Å². The molecule has 0 saturated heterocycles. The zero-order chi connectivity index (χ0) is 23.7. The number of carboxylic acids is 1. The van der Waals surface area contributed by atoms with Crippen LogP contribution in [0.25, 0.3) is 21.9 Å². The Morgan fingerprint density at radius 1 is 0.971 bits per heavy atom. The van der Waals surface area contributed by atoms with E-state index in [1.807, 2.05) is 60.7 Å². The molecule has 0 unspecified atom stereocenters. The highest BCUT2D eigenvalue weighted by Crippen LogP contribution is 2.44. The van der Waals surface area contributed by atoms with E-state index in [2.05, 4.69) is 17.1 Å². The van der Waals surface area contributed by atoms with Crippen molar-refractivity contribution in [2.75, 3.05) is 13.7 Å². The molecule has 0 aliphatic heterocycles.